The molecule has 0 saturated heterocycles. The van der Waals surface area contributed by atoms with Crippen molar-refractivity contribution >= 4 is 41.0 Å². The zero-order valence-electron chi connectivity index (χ0n) is 14.3. The van der Waals surface area contributed by atoms with E-state index >= 15 is 0 Å². The fraction of sp³-hybridized carbons (Fsp3) is 0. The molecule has 0 aliphatic carbocycles. The second-order valence-corrected chi connectivity index (χ2v) is 7.90. The zero-order valence-corrected chi connectivity index (χ0v) is 18.6. The number of benzene rings is 3. The van der Waals surface area contributed by atoms with Crippen LogP contribution in [0.2, 0.25) is 0 Å². The van der Waals surface area contributed by atoms with Crippen molar-refractivity contribution in [2.75, 3.05) is 0 Å². The van der Waals surface area contributed by atoms with Crippen LogP contribution in [0.25, 0.3) is 0 Å². The third-order valence-electron chi connectivity index (χ3n) is 3.04. The quantitative estimate of drug-likeness (QED) is 0.289. The summed E-state index contributed by atoms with van der Waals surface area (Å²) in [4.78, 5) is 50.9. The van der Waals surface area contributed by atoms with Crippen LogP contribution < -0.4 is 45.3 Å². The summed E-state index contributed by atoms with van der Waals surface area (Å²) in [6, 6.07) is 32.3. The van der Waals surface area contributed by atoms with Gasteiger partial charge in [0.1, 0.15) is 0 Å². The van der Waals surface area contributed by atoms with E-state index in [9.17, 15) is 0 Å². The fourth-order valence-corrected chi connectivity index (χ4v) is 4.48. The van der Waals surface area contributed by atoms with Gasteiger partial charge >= 0.3 is 0 Å². The summed E-state index contributed by atoms with van der Waals surface area (Å²) in [5, 5.41) is 4.19. The third kappa shape index (κ3) is 12.0. The average Bonchev–Trinajstić information content (AvgIpc) is 2.64. The Balaban J connectivity index is 0.000000697. The molecule has 0 aliphatic rings. The standard InChI is InChI=1S/C18H15P.2O3P.Rh/c1-4-10-16(11-5-1)19(17-12-6-2-7-13-17)18-14-8-3-9-15-18;2*1-4(2)3;/h1-15H;;;/q;2*-3;. The van der Waals surface area contributed by atoms with Crippen LogP contribution >= 0.6 is 25.1 Å². The summed E-state index contributed by atoms with van der Waals surface area (Å²) in [5.41, 5.74) is 0. The topological polar surface area (TPSA) is 138 Å². The summed E-state index contributed by atoms with van der Waals surface area (Å²) in [5.74, 6) is 0. The second-order valence-electron chi connectivity index (χ2n) is 4.79. The summed E-state index contributed by atoms with van der Waals surface area (Å²) < 4.78 is 0. The van der Waals surface area contributed by atoms with Crippen LogP contribution in [0.5, 0.6) is 0 Å². The first-order valence-electron chi connectivity index (χ1n) is 7.50. The molecule has 10 heteroatoms. The van der Waals surface area contributed by atoms with Crippen molar-refractivity contribution in [2.24, 2.45) is 0 Å². The molecule has 0 amide bonds. The van der Waals surface area contributed by atoms with Crippen molar-refractivity contribution in [3.05, 3.63) is 91.0 Å². The van der Waals surface area contributed by atoms with E-state index in [4.69, 9.17) is 29.4 Å². The molecule has 3 rings (SSSR count). The van der Waals surface area contributed by atoms with E-state index in [2.05, 4.69) is 91.0 Å². The Hall–Kier alpha value is -0.667. The molecular formula is C18H15O6P3Rh-6. The Morgan fingerprint density at radius 1 is 0.393 bits per heavy atom. The first kappa shape index (κ1) is 27.3. The van der Waals surface area contributed by atoms with E-state index in [0.29, 0.717) is 0 Å². The third-order valence-corrected chi connectivity index (χ3v) is 5.49. The van der Waals surface area contributed by atoms with E-state index in [1.807, 2.05) is 0 Å². The first-order valence-corrected chi connectivity index (χ1v) is 11.0. The molecule has 3 aromatic rings. The predicted molar refractivity (Wildman–Crippen MR) is 99.0 cm³/mol. The Kier molecular flexibility index (Phi) is 15.8. The van der Waals surface area contributed by atoms with Gasteiger partial charge in [-0.2, -0.15) is 0 Å². The summed E-state index contributed by atoms with van der Waals surface area (Å²) in [6.07, 6.45) is 0. The molecule has 1 radical (unpaired) electrons. The SMILES string of the molecule is [O-]P([O-])[O-].[O-]P([O-])[O-].[Rh].c1ccc(P(c2ccccc2)c2ccccc2)cc1. The number of hydrogen-bond acceptors (Lipinski definition) is 6. The molecule has 28 heavy (non-hydrogen) atoms. The van der Waals surface area contributed by atoms with Gasteiger partial charge in [-0.05, 0) is 23.8 Å². The maximum Gasteiger partial charge on any atom is 0 e. The minimum atomic E-state index is -3.37. The Bertz CT molecular complexity index is 631. The van der Waals surface area contributed by atoms with Gasteiger partial charge in [-0.25, -0.2) is 0 Å². The monoisotopic (exact) mass is 523 g/mol. The van der Waals surface area contributed by atoms with Crippen LogP contribution in [0.1, 0.15) is 0 Å². The molecule has 0 spiro atoms. The molecule has 0 fully saturated rings. The van der Waals surface area contributed by atoms with Crippen LogP contribution in [0.3, 0.4) is 0 Å². The van der Waals surface area contributed by atoms with E-state index < -0.39 is 25.1 Å². The van der Waals surface area contributed by atoms with Crippen molar-refractivity contribution in [3.63, 3.8) is 0 Å². The van der Waals surface area contributed by atoms with E-state index in [-0.39, 0.29) is 19.5 Å². The van der Waals surface area contributed by atoms with Crippen LogP contribution in [0, 0.1) is 0 Å². The van der Waals surface area contributed by atoms with Crippen molar-refractivity contribution in [3.8, 4) is 0 Å². The molecule has 153 valence electrons. The van der Waals surface area contributed by atoms with Gasteiger partial charge in [0.25, 0.3) is 0 Å². The van der Waals surface area contributed by atoms with E-state index in [1.165, 1.54) is 15.9 Å². The molecule has 0 saturated carbocycles. The van der Waals surface area contributed by atoms with Gasteiger partial charge in [-0.15, -0.1) is 0 Å². The molecule has 0 N–H and O–H groups in total. The smallest absolute Gasteiger partial charge is 0 e. The van der Waals surface area contributed by atoms with Gasteiger partial charge in [0.2, 0.25) is 0 Å². The van der Waals surface area contributed by atoms with Gasteiger partial charge in [-0.3, -0.25) is 0 Å². The van der Waals surface area contributed by atoms with Gasteiger partial charge in [0.05, 0.1) is 0 Å². The molecule has 0 heterocycles. The largest absolute Gasteiger partial charge is 0.854 e. The van der Waals surface area contributed by atoms with Crippen LogP contribution in [-0.2, 0) is 19.5 Å². The molecular weight excluding hydrogens is 508 g/mol. The minimum absolute atomic E-state index is 0. The summed E-state index contributed by atoms with van der Waals surface area (Å²) >= 11 is 0. The van der Waals surface area contributed by atoms with Crippen molar-refractivity contribution < 1.29 is 48.8 Å². The van der Waals surface area contributed by atoms with Gasteiger partial charge < -0.3 is 46.6 Å². The molecule has 6 nitrogen and oxygen atoms in total. The van der Waals surface area contributed by atoms with Crippen LogP contribution in [0.4, 0.5) is 0 Å². The maximum atomic E-state index is 8.48. The van der Waals surface area contributed by atoms with Gasteiger partial charge in [0, 0.05) is 19.5 Å². The Morgan fingerprint density at radius 2 is 0.571 bits per heavy atom. The molecule has 0 atom stereocenters. The van der Waals surface area contributed by atoms with Gasteiger partial charge in [-0.1, -0.05) is 91.0 Å². The molecule has 0 aromatic heterocycles. The molecule has 0 aliphatic heterocycles. The molecule has 0 unspecified atom stereocenters. The fourth-order valence-electron chi connectivity index (χ4n) is 2.18. The van der Waals surface area contributed by atoms with E-state index in [1.54, 1.807) is 0 Å². The van der Waals surface area contributed by atoms with Gasteiger partial charge in [0.15, 0.2) is 0 Å². The predicted octanol–water partition coefficient (Wildman–Crippen LogP) is -1.97. The first-order chi connectivity index (χ1) is 12.9. The van der Waals surface area contributed by atoms with Crippen molar-refractivity contribution in [1.82, 2.24) is 0 Å². The minimum Gasteiger partial charge on any atom is -0.854 e. The normalized spacial score (nSPS) is 9.75. The van der Waals surface area contributed by atoms with Crippen LogP contribution in [0.15, 0.2) is 91.0 Å². The summed E-state index contributed by atoms with van der Waals surface area (Å²) in [7, 11) is -7.19. The Labute approximate surface area is 180 Å². The number of rotatable bonds is 3. The maximum absolute atomic E-state index is 8.48. The number of hydrogen-bond donors (Lipinski definition) is 0. The van der Waals surface area contributed by atoms with E-state index in [0.717, 1.165) is 0 Å². The van der Waals surface area contributed by atoms with Crippen LogP contribution in [-0.4, -0.2) is 0 Å². The summed E-state index contributed by atoms with van der Waals surface area (Å²) in [6.45, 7) is 0. The Morgan fingerprint density at radius 3 is 0.750 bits per heavy atom. The molecule has 0 bridgehead atoms. The molecule has 3 aromatic carbocycles. The average molecular weight is 523 g/mol. The van der Waals surface area contributed by atoms with Crippen molar-refractivity contribution in [2.45, 2.75) is 0 Å². The second kappa shape index (κ2) is 16.2. The van der Waals surface area contributed by atoms with Crippen molar-refractivity contribution in [1.29, 1.82) is 0 Å². The zero-order chi connectivity index (χ0) is 20.1.